The maximum absolute atomic E-state index is 13.0. The van der Waals surface area contributed by atoms with Crippen molar-refractivity contribution in [3.63, 3.8) is 0 Å². The van der Waals surface area contributed by atoms with Crippen LogP contribution in [0.5, 0.6) is 0 Å². The van der Waals surface area contributed by atoms with Gasteiger partial charge in [0.05, 0.1) is 18.8 Å². The van der Waals surface area contributed by atoms with E-state index in [4.69, 9.17) is 4.74 Å². The summed E-state index contributed by atoms with van der Waals surface area (Å²) in [6, 6.07) is 3.86. The Bertz CT molecular complexity index is 833. The van der Waals surface area contributed by atoms with Crippen LogP contribution in [0.2, 0.25) is 0 Å². The van der Waals surface area contributed by atoms with Gasteiger partial charge in [-0.25, -0.2) is 0 Å². The molecule has 1 saturated heterocycles. The molecule has 1 heterocycles. The summed E-state index contributed by atoms with van der Waals surface area (Å²) in [6.45, 7) is 8.28. The summed E-state index contributed by atoms with van der Waals surface area (Å²) in [4.78, 5) is 39.5. The fraction of sp³-hybridized carbons (Fsp3) is 0.500. The summed E-state index contributed by atoms with van der Waals surface area (Å²) in [7, 11) is 0. The van der Waals surface area contributed by atoms with Crippen LogP contribution in [0.1, 0.15) is 54.9 Å². The van der Waals surface area contributed by atoms with Crippen LogP contribution in [0.25, 0.3) is 0 Å². The predicted molar refractivity (Wildman–Crippen MR) is 101 cm³/mol. The first-order chi connectivity index (χ1) is 12.8. The second-order valence-electron chi connectivity index (χ2n) is 7.59. The lowest BCUT2D eigenvalue weighted by molar-refractivity contribution is -0.165. The van der Waals surface area contributed by atoms with Gasteiger partial charge in [-0.2, -0.15) is 0 Å². The largest absolute Gasteiger partial charge is 0.370 e. The standard InChI is InChI=1S/C22H25NO4/c1-5-6-17-9-14(2)20(15(3)10-17)21-18(25)11-22(12-19(21)26)13-23(16(4)24)7-8-27-22/h9-10,21H,7-8,11-13H2,1-4H3. The van der Waals surface area contributed by atoms with Crippen LogP contribution in [0.15, 0.2) is 12.1 Å². The highest BCUT2D eigenvalue weighted by Gasteiger charge is 2.49. The molecule has 1 aromatic rings. The molecular formula is C22H25NO4. The number of hydrogen-bond donors (Lipinski definition) is 0. The number of morpholine rings is 1. The average molecular weight is 367 g/mol. The van der Waals surface area contributed by atoms with E-state index in [9.17, 15) is 14.4 Å². The molecule has 2 fully saturated rings. The van der Waals surface area contributed by atoms with E-state index in [1.165, 1.54) is 6.92 Å². The number of benzene rings is 1. The Kier molecular flexibility index (Phi) is 5.21. The fourth-order valence-corrected chi connectivity index (χ4v) is 4.38. The first kappa shape index (κ1) is 19.3. The van der Waals surface area contributed by atoms with E-state index >= 15 is 0 Å². The smallest absolute Gasteiger partial charge is 0.219 e. The van der Waals surface area contributed by atoms with Gasteiger partial charge in [-0.15, -0.1) is 5.92 Å². The first-order valence-electron chi connectivity index (χ1n) is 9.25. The van der Waals surface area contributed by atoms with Gasteiger partial charge in [-0.3, -0.25) is 14.4 Å². The summed E-state index contributed by atoms with van der Waals surface area (Å²) in [6.07, 6.45) is 0.311. The van der Waals surface area contributed by atoms with Gasteiger partial charge in [-0.05, 0) is 49.6 Å². The van der Waals surface area contributed by atoms with Gasteiger partial charge in [0.2, 0.25) is 5.91 Å². The molecule has 1 aromatic carbocycles. The predicted octanol–water partition coefficient (Wildman–Crippen LogP) is 2.31. The highest BCUT2D eigenvalue weighted by atomic mass is 16.5. The number of rotatable bonds is 1. The molecule has 3 rings (SSSR count). The molecule has 0 radical (unpaired) electrons. The van der Waals surface area contributed by atoms with Crippen molar-refractivity contribution in [2.24, 2.45) is 0 Å². The number of ether oxygens (including phenoxy) is 1. The quantitative estimate of drug-likeness (QED) is 0.564. The van der Waals surface area contributed by atoms with E-state index in [2.05, 4.69) is 11.8 Å². The molecule has 1 amide bonds. The minimum atomic E-state index is -0.871. The van der Waals surface area contributed by atoms with Crippen LogP contribution in [-0.4, -0.2) is 47.7 Å². The van der Waals surface area contributed by atoms with Gasteiger partial charge in [0, 0.05) is 31.9 Å². The molecule has 2 aliphatic rings. The summed E-state index contributed by atoms with van der Waals surface area (Å²) in [5.74, 6) is 4.84. The summed E-state index contributed by atoms with van der Waals surface area (Å²) in [5, 5.41) is 0. The Morgan fingerprint density at radius 3 is 2.30 bits per heavy atom. The monoisotopic (exact) mass is 367 g/mol. The van der Waals surface area contributed by atoms with Gasteiger partial charge in [-0.1, -0.05) is 5.92 Å². The molecule has 5 heteroatoms. The van der Waals surface area contributed by atoms with Gasteiger partial charge in [0.15, 0.2) is 11.6 Å². The third kappa shape index (κ3) is 3.68. The molecule has 1 aliphatic carbocycles. The van der Waals surface area contributed by atoms with Gasteiger partial charge in [0.1, 0.15) is 5.92 Å². The summed E-state index contributed by atoms with van der Waals surface area (Å²) in [5.41, 5.74) is 2.62. The minimum Gasteiger partial charge on any atom is -0.370 e. The molecule has 0 bridgehead atoms. The Morgan fingerprint density at radius 1 is 1.19 bits per heavy atom. The maximum atomic E-state index is 13.0. The van der Waals surface area contributed by atoms with Crippen LogP contribution in [0, 0.1) is 25.7 Å². The molecule has 142 valence electrons. The van der Waals surface area contributed by atoms with E-state index in [1.54, 1.807) is 11.8 Å². The van der Waals surface area contributed by atoms with Crippen LogP contribution >= 0.6 is 0 Å². The third-order valence-corrected chi connectivity index (χ3v) is 5.48. The Balaban J connectivity index is 1.91. The van der Waals surface area contributed by atoms with Gasteiger partial charge >= 0.3 is 0 Å². The topological polar surface area (TPSA) is 63.7 Å². The molecule has 0 aromatic heterocycles. The van der Waals surface area contributed by atoms with E-state index in [-0.39, 0.29) is 30.3 Å². The normalized spacial score (nSPS) is 25.3. The molecule has 5 nitrogen and oxygen atoms in total. The van der Waals surface area contributed by atoms with Crippen LogP contribution in [0.3, 0.4) is 0 Å². The van der Waals surface area contributed by atoms with Crippen LogP contribution in [-0.2, 0) is 19.1 Å². The first-order valence-corrected chi connectivity index (χ1v) is 9.25. The van der Waals surface area contributed by atoms with Crippen molar-refractivity contribution in [2.75, 3.05) is 19.7 Å². The lowest BCUT2D eigenvalue weighted by atomic mass is 9.71. The number of amides is 1. The van der Waals surface area contributed by atoms with Crippen molar-refractivity contribution in [2.45, 2.75) is 52.1 Å². The number of carbonyl (C=O) groups is 3. The van der Waals surface area contributed by atoms with E-state index < -0.39 is 11.5 Å². The Morgan fingerprint density at radius 2 is 1.78 bits per heavy atom. The molecule has 1 aliphatic heterocycles. The second kappa shape index (κ2) is 7.28. The van der Waals surface area contributed by atoms with Crippen molar-refractivity contribution in [3.05, 3.63) is 34.4 Å². The molecule has 27 heavy (non-hydrogen) atoms. The van der Waals surface area contributed by atoms with E-state index in [0.29, 0.717) is 19.7 Å². The molecule has 1 spiro atoms. The average Bonchev–Trinajstić information content (AvgIpc) is 2.57. The molecule has 0 N–H and O–H groups in total. The summed E-state index contributed by atoms with van der Waals surface area (Å²) < 4.78 is 5.87. The molecular weight excluding hydrogens is 342 g/mol. The maximum Gasteiger partial charge on any atom is 0.219 e. The highest BCUT2D eigenvalue weighted by molar-refractivity contribution is 6.11. The number of ketones is 2. The van der Waals surface area contributed by atoms with E-state index in [0.717, 1.165) is 22.3 Å². The Labute approximate surface area is 160 Å². The number of carbonyl (C=O) groups excluding carboxylic acids is 3. The molecule has 1 saturated carbocycles. The zero-order valence-electron chi connectivity index (χ0n) is 16.3. The van der Waals surface area contributed by atoms with Crippen molar-refractivity contribution >= 4 is 17.5 Å². The Hall–Kier alpha value is -2.45. The third-order valence-electron chi connectivity index (χ3n) is 5.48. The molecule has 0 unspecified atom stereocenters. The lowest BCUT2D eigenvalue weighted by Gasteiger charge is -2.45. The SMILES string of the molecule is CC#Cc1cc(C)c(C2C(=O)CC3(CC2=O)CN(C(C)=O)CCO3)c(C)c1. The van der Waals surface area contributed by atoms with Crippen LogP contribution in [0.4, 0.5) is 0 Å². The zero-order chi connectivity index (χ0) is 19.8. The minimum absolute atomic E-state index is 0.0565. The number of hydrogen-bond acceptors (Lipinski definition) is 4. The van der Waals surface area contributed by atoms with E-state index in [1.807, 2.05) is 26.0 Å². The zero-order valence-corrected chi connectivity index (χ0v) is 16.3. The number of nitrogens with zero attached hydrogens (tertiary/aromatic N) is 1. The second-order valence-corrected chi connectivity index (χ2v) is 7.59. The van der Waals surface area contributed by atoms with Crippen molar-refractivity contribution < 1.29 is 19.1 Å². The fourth-order valence-electron chi connectivity index (χ4n) is 4.38. The number of Topliss-reactive ketones (excluding diaryl/α,β-unsaturated/α-hetero) is 2. The van der Waals surface area contributed by atoms with Crippen molar-refractivity contribution in [1.29, 1.82) is 0 Å². The van der Waals surface area contributed by atoms with Crippen molar-refractivity contribution in [1.82, 2.24) is 4.90 Å². The van der Waals surface area contributed by atoms with Crippen molar-refractivity contribution in [3.8, 4) is 11.8 Å². The van der Waals surface area contributed by atoms with Crippen LogP contribution < -0.4 is 0 Å². The number of aryl methyl sites for hydroxylation is 2. The lowest BCUT2D eigenvalue weighted by Crippen LogP contribution is -2.58. The van der Waals surface area contributed by atoms with Gasteiger partial charge < -0.3 is 9.64 Å². The molecule has 0 atom stereocenters. The van der Waals surface area contributed by atoms with Gasteiger partial charge in [0.25, 0.3) is 0 Å². The highest BCUT2D eigenvalue weighted by Crippen LogP contribution is 2.39. The summed E-state index contributed by atoms with van der Waals surface area (Å²) >= 11 is 0.